The van der Waals surface area contributed by atoms with E-state index in [0.29, 0.717) is 0 Å². The zero-order valence-corrected chi connectivity index (χ0v) is 10.5. The minimum absolute atomic E-state index is 0.0493. The Morgan fingerprint density at radius 2 is 1.90 bits per heavy atom. The third kappa shape index (κ3) is 2.01. The summed E-state index contributed by atoms with van der Waals surface area (Å²) < 4.78 is 64.7. The van der Waals surface area contributed by atoms with Gasteiger partial charge in [-0.25, -0.2) is 0 Å². The number of alkyl halides is 5. The van der Waals surface area contributed by atoms with Crippen molar-refractivity contribution in [1.29, 1.82) is 0 Å². The Hall–Kier alpha value is -1.80. The minimum atomic E-state index is -5.78. The second-order valence-electron chi connectivity index (χ2n) is 4.37. The molecule has 4 nitrogen and oxygen atoms in total. The topological polar surface area (TPSA) is 45.0 Å². The van der Waals surface area contributed by atoms with Gasteiger partial charge in [-0.2, -0.15) is 32.0 Å². The van der Waals surface area contributed by atoms with Crippen molar-refractivity contribution in [2.75, 3.05) is 6.54 Å². The molecule has 0 radical (unpaired) electrons. The van der Waals surface area contributed by atoms with Crippen LogP contribution in [0.4, 0.5) is 22.0 Å². The molecule has 0 saturated heterocycles. The molecule has 0 saturated carbocycles. The van der Waals surface area contributed by atoms with Gasteiger partial charge in [0.15, 0.2) is 0 Å². The summed E-state index contributed by atoms with van der Waals surface area (Å²) in [4.78, 5) is 14.8. The highest BCUT2D eigenvalue weighted by Crippen LogP contribution is 2.46. The predicted octanol–water partition coefficient (Wildman–Crippen LogP) is 2.38. The number of aliphatic imine (C=N–C) groups is 1. The van der Waals surface area contributed by atoms with Gasteiger partial charge in [-0.1, -0.05) is 0 Å². The van der Waals surface area contributed by atoms with Crippen molar-refractivity contribution < 1.29 is 26.7 Å². The first kappa shape index (κ1) is 14.6. The van der Waals surface area contributed by atoms with Crippen molar-refractivity contribution in [2.45, 2.75) is 25.9 Å². The molecular weight excluding hydrogens is 285 g/mol. The van der Waals surface area contributed by atoms with E-state index >= 15 is 0 Å². The fourth-order valence-electron chi connectivity index (χ4n) is 2.15. The van der Waals surface area contributed by atoms with E-state index in [1.54, 1.807) is 6.92 Å². The van der Waals surface area contributed by atoms with Crippen molar-refractivity contribution in [3.8, 4) is 0 Å². The van der Waals surface area contributed by atoms with E-state index < -0.39 is 29.5 Å². The van der Waals surface area contributed by atoms with E-state index in [1.165, 1.54) is 6.92 Å². The Morgan fingerprint density at radius 1 is 1.30 bits per heavy atom. The van der Waals surface area contributed by atoms with Gasteiger partial charge >= 0.3 is 12.1 Å². The van der Waals surface area contributed by atoms with E-state index in [4.69, 9.17) is 0 Å². The smallest absolute Gasteiger partial charge is 0.267 e. The second-order valence-corrected chi connectivity index (χ2v) is 4.37. The van der Waals surface area contributed by atoms with Crippen molar-refractivity contribution in [3.05, 3.63) is 11.6 Å². The van der Waals surface area contributed by atoms with Crippen LogP contribution >= 0.6 is 0 Å². The van der Waals surface area contributed by atoms with Gasteiger partial charge in [-0.15, -0.1) is 0 Å². The van der Waals surface area contributed by atoms with Crippen molar-refractivity contribution >= 4 is 17.5 Å². The van der Waals surface area contributed by atoms with Gasteiger partial charge in [0.25, 0.3) is 5.91 Å². The van der Waals surface area contributed by atoms with Crippen LogP contribution in [0.15, 0.2) is 21.7 Å². The van der Waals surface area contributed by atoms with Gasteiger partial charge in [0.05, 0.1) is 11.6 Å². The average molecular weight is 295 g/mol. The summed E-state index contributed by atoms with van der Waals surface area (Å²) >= 11 is 0. The molecule has 0 aromatic carbocycles. The molecule has 2 aliphatic heterocycles. The summed E-state index contributed by atoms with van der Waals surface area (Å²) in [5, 5.41) is 5.01. The number of carbonyl (C=O) groups excluding carboxylic acids is 1. The van der Waals surface area contributed by atoms with E-state index in [1.807, 2.05) is 0 Å². The maximum atomic E-state index is 13.6. The molecule has 1 amide bonds. The number of fused-ring (bicyclic) bond motifs is 1. The molecule has 110 valence electrons. The molecule has 0 aromatic rings. The number of carbonyl (C=O) groups is 1. The van der Waals surface area contributed by atoms with Crippen LogP contribution < -0.4 is 0 Å². The molecular formula is C11H10F5N3O. The molecule has 1 atom stereocenters. The first-order chi connectivity index (χ1) is 9.09. The van der Waals surface area contributed by atoms with Crippen molar-refractivity contribution in [2.24, 2.45) is 16.0 Å². The van der Waals surface area contributed by atoms with E-state index in [2.05, 4.69) is 10.1 Å². The lowest BCUT2D eigenvalue weighted by Crippen LogP contribution is -2.45. The maximum Gasteiger partial charge on any atom is 0.457 e. The van der Waals surface area contributed by atoms with E-state index in [0.717, 1.165) is 5.01 Å². The van der Waals surface area contributed by atoms with Crippen LogP contribution in [0.25, 0.3) is 0 Å². The third-order valence-electron chi connectivity index (χ3n) is 3.05. The van der Waals surface area contributed by atoms with Crippen LogP contribution in [-0.2, 0) is 4.79 Å². The normalized spacial score (nSPS) is 23.4. The summed E-state index contributed by atoms with van der Waals surface area (Å²) in [5.74, 6) is -7.84. The number of hydrogen-bond acceptors (Lipinski definition) is 3. The number of nitrogens with zero attached hydrogens (tertiary/aromatic N) is 3. The fraction of sp³-hybridized carbons (Fsp3) is 0.545. The van der Waals surface area contributed by atoms with Crippen LogP contribution in [0, 0.1) is 5.92 Å². The lowest BCUT2D eigenvalue weighted by molar-refractivity contribution is -0.265. The van der Waals surface area contributed by atoms with E-state index in [-0.39, 0.29) is 24.2 Å². The first-order valence-electron chi connectivity index (χ1n) is 5.71. The van der Waals surface area contributed by atoms with E-state index in [9.17, 15) is 26.7 Å². The predicted molar refractivity (Wildman–Crippen MR) is 60.5 cm³/mol. The van der Waals surface area contributed by atoms with Gasteiger partial charge < -0.3 is 0 Å². The number of dihydropyridines is 1. The highest BCUT2D eigenvalue weighted by atomic mass is 19.4. The highest BCUT2D eigenvalue weighted by Gasteiger charge is 2.63. The Bertz CT molecular complexity index is 547. The SMILES string of the molecule is CCN1N=C(C)C2C(C(F)(F)C(F)(F)F)=CC(=O)N=C21. The summed E-state index contributed by atoms with van der Waals surface area (Å²) in [6, 6.07) is 0. The molecule has 0 bridgehead atoms. The molecule has 1 unspecified atom stereocenters. The molecule has 2 heterocycles. The quantitative estimate of drug-likeness (QED) is 0.734. The van der Waals surface area contributed by atoms with Crippen LogP contribution in [0.3, 0.4) is 0 Å². The van der Waals surface area contributed by atoms with Crippen LogP contribution in [-0.4, -0.2) is 41.1 Å². The molecule has 0 aliphatic carbocycles. The van der Waals surface area contributed by atoms with Gasteiger partial charge in [-0.05, 0) is 13.8 Å². The van der Waals surface area contributed by atoms with Crippen molar-refractivity contribution in [1.82, 2.24) is 5.01 Å². The Kier molecular flexibility index (Phi) is 3.18. The Labute approximate surface area is 110 Å². The monoisotopic (exact) mass is 295 g/mol. The lowest BCUT2D eigenvalue weighted by Gasteiger charge is -2.29. The molecule has 0 aromatic heterocycles. The van der Waals surface area contributed by atoms with Crippen LogP contribution in [0.2, 0.25) is 0 Å². The summed E-state index contributed by atoms with van der Waals surface area (Å²) in [6.45, 7) is 3.16. The van der Waals surface area contributed by atoms with Crippen LogP contribution in [0.1, 0.15) is 13.8 Å². The Balaban J connectivity index is 2.52. The molecule has 20 heavy (non-hydrogen) atoms. The number of hydrogen-bond donors (Lipinski definition) is 0. The Morgan fingerprint density at radius 3 is 2.40 bits per heavy atom. The van der Waals surface area contributed by atoms with Crippen LogP contribution in [0.5, 0.6) is 0 Å². The molecule has 0 spiro atoms. The number of amides is 1. The molecule has 2 rings (SSSR count). The van der Waals surface area contributed by atoms with Crippen molar-refractivity contribution in [3.63, 3.8) is 0 Å². The van der Waals surface area contributed by atoms with Gasteiger partial charge in [0, 0.05) is 18.2 Å². The number of hydrazone groups is 1. The number of rotatable bonds is 2. The second kappa shape index (κ2) is 4.35. The van der Waals surface area contributed by atoms with Gasteiger partial charge in [0.1, 0.15) is 5.84 Å². The molecule has 9 heteroatoms. The third-order valence-corrected chi connectivity index (χ3v) is 3.05. The summed E-state index contributed by atoms with van der Waals surface area (Å²) in [6.07, 6.45) is -5.53. The standard InChI is InChI=1S/C11H10F5N3O/c1-3-19-9-8(5(2)18-19)6(4-7(20)17-9)10(12,13)11(14,15)16/h4,8H,3H2,1-2H3. The molecule has 0 N–H and O–H groups in total. The summed E-state index contributed by atoms with van der Waals surface area (Å²) in [7, 11) is 0. The first-order valence-corrected chi connectivity index (χ1v) is 5.71. The minimum Gasteiger partial charge on any atom is -0.267 e. The molecule has 2 aliphatic rings. The fourth-order valence-corrected chi connectivity index (χ4v) is 2.15. The summed E-state index contributed by atoms with van der Waals surface area (Å²) in [5.41, 5.74) is -1.27. The average Bonchev–Trinajstić information content (AvgIpc) is 2.63. The van der Waals surface area contributed by atoms with Gasteiger partial charge in [0.2, 0.25) is 0 Å². The zero-order chi connectivity index (χ0) is 15.3. The maximum absolute atomic E-state index is 13.6. The van der Waals surface area contributed by atoms with Gasteiger partial charge in [-0.3, -0.25) is 9.80 Å². The largest absolute Gasteiger partial charge is 0.457 e. The molecule has 0 fully saturated rings. The number of amidine groups is 1. The highest BCUT2D eigenvalue weighted by molar-refractivity contribution is 6.18. The lowest BCUT2D eigenvalue weighted by atomic mass is 9.87. The number of halogens is 5. The zero-order valence-electron chi connectivity index (χ0n) is 10.5.